The van der Waals surface area contributed by atoms with Crippen molar-refractivity contribution in [2.75, 3.05) is 13.2 Å². The maximum atomic E-state index is 11.7. The van der Waals surface area contributed by atoms with Gasteiger partial charge in [0.15, 0.2) is 6.29 Å². The van der Waals surface area contributed by atoms with Crippen LogP contribution in [-0.2, 0) is 16.0 Å². The second-order valence-electron chi connectivity index (χ2n) is 3.48. The minimum atomic E-state index is -0.240. The summed E-state index contributed by atoms with van der Waals surface area (Å²) in [5.74, 6) is 0. The zero-order chi connectivity index (χ0) is 12.7. The predicted octanol–water partition coefficient (Wildman–Crippen LogP) is 2.40. The third-order valence-corrected chi connectivity index (χ3v) is 2.89. The van der Waals surface area contributed by atoms with Crippen LogP contribution in [0.4, 0.5) is 0 Å². The normalized spacial score (nSPS) is 11.1. The van der Waals surface area contributed by atoms with E-state index in [1.165, 1.54) is 0 Å². The van der Waals surface area contributed by atoms with Gasteiger partial charge < -0.3 is 14.0 Å². The molecule has 1 rings (SSSR count). The number of pyridine rings is 1. The molecule has 0 unspecified atom stereocenters. The quantitative estimate of drug-likeness (QED) is 0.726. The van der Waals surface area contributed by atoms with Gasteiger partial charge in [0.25, 0.3) is 5.56 Å². The number of ether oxygens (including phenoxy) is 2. The molecule has 1 aromatic rings. The number of aromatic nitrogens is 1. The Balaban J connectivity index is 2.59. The Morgan fingerprint density at radius 3 is 2.59 bits per heavy atom. The average molecular weight is 304 g/mol. The molecule has 0 aliphatic rings. The topological polar surface area (TPSA) is 40.5 Å². The largest absolute Gasteiger partial charge is 0.353 e. The molecule has 5 heteroatoms. The second kappa shape index (κ2) is 7.63. The van der Waals surface area contributed by atoms with Crippen LogP contribution in [0, 0.1) is 0 Å². The molecule has 0 bridgehead atoms. The fraction of sp³-hybridized carbons (Fsp3) is 0.583. The highest BCUT2D eigenvalue weighted by Gasteiger charge is 2.08. The van der Waals surface area contributed by atoms with E-state index in [9.17, 15) is 4.79 Å². The SMILES string of the molecule is CCOC(CCn1cccc(Br)c1=O)OCC. The Labute approximate surface area is 110 Å². The molecule has 0 aromatic carbocycles. The monoisotopic (exact) mass is 303 g/mol. The maximum Gasteiger partial charge on any atom is 0.264 e. The van der Waals surface area contributed by atoms with Gasteiger partial charge in [-0.25, -0.2) is 0 Å². The highest BCUT2D eigenvalue weighted by atomic mass is 79.9. The van der Waals surface area contributed by atoms with Gasteiger partial charge in [0.05, 0.1) is 4.47 Å². The Hall–Kier alpha value is -0.650. The van der Waals surface area contributed by atoms with Gasteiger partial charge in [0, 0.05) is 32.4 Å². The fourth-order valence-corrected chi connectivity index (χ4v) is 1.90. The van der Waals surface area contributed by atoms with Gasteiger partial charge in [0.1, 0.15) is 0 Å². The van der Waals surface area contributed by atoms with Crippen LogP contribution in [-0.4, -0.2) is 24.1 Å². The first-order valence-electron chi connectivity index (χ1n) is 5.77. The van der Waals surface area contributed by atoms with Gasteiger partial charge in [-0.15, -0.1) is 0 Å². The molecule has 17 heavy (non-hydrogen) atoms. The summed E-state index contributed by atoms with van der Waals surface area (Å²) in [7, 11) is 0. The summed E-state index contributed by atoms with van der Waals surface area (Å²) < 4.78 is 13.1. The van der Waals surface area contributed by atoms with E-state index in [1.54, 1.807) is 16.8 Å². The first-order chi connectivity index (χ1) is 8.19. The molecule has 0 saturated carbocycles. The van der Waals surface area contributed by atoms with E-state index in [4.69, 9.17) is 9.47 Å². The standard InChI is InChI=1S/C12H18BrNO3/c1-3-16-11(17-4-2)7-9-14-8-5-6-10(13)12(14)15/h5-6,8,11H,3-4,7,9H2,1-2H3. The number of hydrogen-bond donors (Lipinski definition) is 0. The Morgan fingerprint density at radius 1 is 1.35 bits per heavy atom. The van der Waals surface area contributed by atoms with Crippen LogP contribution in [0.3, 0.4) is 0 Å². The van der Waals surface area contributed by atoms with E-state index in [0.29, 0.717) is 30.7 Å². The summed E-state index contributed by atoms with van der Waals surface area (Å²) in [6.45, 7) is 5.66. The molecule has 0 aliphatic carbocycles. The molecule has 0 amide bonds. The Kier molecular flexibility index (Phi) is 6.47. The number of rotatable bonds is 7. The van der Waals surface area contributed by atoms with Crippen LogP contribution >= 0.6 is 15.9 Å². The summed E-state index contributed by atoms with van der Waals surface area (Å²) in [6.07, 6.45) is 2.19. The highest BCUT2D eigenvalue weighted by molar-refractivity contribution is 9.10. The number of nitrogens with zero attached hydrogens (tertiary/aromatic N) is 1. The predicted molar refractivity (Wildman–Crippen MR) is 70.1 cm³/mol. The van der Waals surface area contributed by atoms with E-state index in [0.717, 1.165) is 0 Å². The van der Waals surface area contributed by atoms with E-state index in [2.05, 4.69) is 15.9 Å². The van der Waals surface area contributed by atoms with E-state index in [1.807, 2.05) is 19.9 Å². The van der Waals surface area contributed by atoms with Crippen molar-refractivity contribution in [1.82, 2.24) is 4.57 Å². The first-order valence-corrected chi connectivity index (χ1v) is 6.56. The van der Waals surface area contributed by atoms with Gasteiger partial charge >= 0.3 is 0 Å². The maximum absolute atomic E-state index is 11.7. The molecule has 1 aromatic heterocycles. The lowest BCUT2D eigenvalue weighted by Crippen LogP contribution is -2.25. The smallest absolute Gasteiger partial charge is 0.264 e. The molecule has 0 saturated heterocycles. The van der Waals surface area contributed by atoms with Crippen LogP contribution < -0.4 is 5.56 Å². The summed E-state index contributed by atoms with van der Waals surface area (Å²) >= 11 is 3.22. The minimum absolute atomic E-state index is 0.0285. The number of hydrogen-bond acceptors (Lipinski definition) is 3. The van der Waals surface area contributed by atoms with E-state index in [-0.39, 0.29) is 11.8 Å². The van der Waals surface area contributed by atoms with E-state index < -0.39 is 0 Å². The summed E-state index contributed by atoms with van der Waals surface area (Å²) in [5, 5.41) is 0. The molecule has 4 nitrogen and oxygen atoms in total. The zero-order valence-corrected chi connectivity index (χ0v) is 11.8. The van der Waals surface area contributed by atoms with Crippen molar-refractivity contribution >= 4 is 15.9 Å². The lowest BCUT2D eigenvalue weighted by molar-refractivity contribution is -0.141. The molecular weight excluding hydrogens is 286 g/mol. The first kappa shape index (κ1) is 14.4. The highest BCUT2D eigenvalue weighted by Crippen LogP contribution is 2.05. The van der Waals surface area contributed by atoms with Crippen molar-refractivity contribution < 1.29 is 9.47 Å². The summed E-state index contributed by atoms with van der Waals surface area (Å²) in [4.78, 5) is 11.7. The second-order valence-corrected chi connectivity index (χ2v) is 4.34. The van der Waals surface area contributed by atoms with Crippen LogP contribution in [0.25, 0.3) is 0 Å². The van der Waals surface area contributed by atoms with Gasteiger partial charge in [-0.3, -0.25) is 4.79 Å². The Bertz CT molecular complexity index is 386. The molecule has 0 atom stereocenters. The van der Waals surface area contributed by atoms with Crippen LogP contribution in [0.1, 0.15) is 20.3 Å². The molecule has 96 valence electrons. The molecule has 0 N–H and O–H groups in total. The third-order valence-electron chi connectivity index (χ3n) is 2.28. The van der Waals surface area contributed by atoms with E-state index >= 15 is 0 Å². The van der Waals surface area contributed by atoms with Crippen molar-refractivity contribution in [3.63, 3.8) is 0 Å². The molecular formula is C12H18BrNO3. The third kappa shape index (κ3) is 4.61. The molecule has 0 aliphatic heterocycles. The molecule has 0 spiro atoms. The van der Waals surface area contributed by atoms with Crippen LogP contribution in [0.2, 0.25) is 0 Å². The minimum Gasteiger partial charge on any atom is -0.353 e. The van der Waals surface area contributed by atoms with Gasteiger partial charge in [-0.1, -0.05) is 0 Å². The average Bonchev–Trinajstić information content (AvgIpc) is 2.31. The molecule has 0 radical (unpaired) electrons. The van der Waals surface area contributed by atoms with Crippen molar-refractivity contribution in [3.05, 3.63) is 33.2 Å². The number of halogens is 1. The van der Waals surface area contributed by atoms with Crippen molar-refractivity contribution in [2.45, 2.75) is 33.1 Å². The number of aryl methyl sites for hydroxylation is 1. The molecule has 1 heterocycles. The van der Waals surface area contributed by atoms with Crippen LogP contribution in [0.15, 0.2) is 27.6 Å². The fourth-order valence-electron chi connectivity index (χ4n) is 1.51. The van der Waals surface area contributed by atoms with Crippen LogP contribution in [0.5, 0.6) is 0 Å². The van der Waals surface area contributed by atoms with Gasteiger partial charge in [0.2, 0.25) is 0 Å². The van der Waals surface area contributed by atoms with Gasteiger partial charge in [-0.2, -0.15) is 0 Å². The van der Waals surface area contributed by atoms with Crippen molar-refractivity contribution in [1.29, 1.82) is 0 Å². The summed E-state index contributed by atoms with van der Waals surface area (Å²) in [6, 6.07) is 3.57. The van der Waals surface area contributed by atoms with Crippen molar-refractivity contribution in [3.8, 4) is 0 Å². The van der Waals surface area contributed by atoms with Gasteiger partial charge in [-0.05, 0) is 41.9 Å². The summed E-state index contributed by atoms with van der Waals surface area (Å²) in [5.41, 5.74) is -0.0285. The lowest BCUT2D eigenvalue weighted by Gasteiger charge is -2.17. The Morgan fingerprint density at radius 2 is 2.00 bits per heavy atom. The lowest BCUT2D eigenvalue weighted by atomic mass is 10.4. The van der Waals surface area contributed by atoms with Crippen molar-refractivity contribution in [2.24, 2.45) is 0 Å². The molecule has 0 fully saturated rings. The zero-order valence-electron chi connectivity index (χ0n) is 10.2.